The summed E-state index contributed by atoms with van der Waals surface area (Å²) < 4.78 is 3.30. The molecule has 0 radical (unpaired) electrons. The van der Waals surface area contributed by atoms with Gasteiger partial charge in [0.2, 0.25) is 0 Å². The number of rotatable bonds is 3. The van der Waals surface area contributed by atoms with Crippen molar-refractivity contribution in [3.8, 4) is 0 Å². The Labute approximate surface area is 129 Å². The zero-order valence-electron chi connectivity index (χ0n) is 13.3. The van der Waals surface area contributed by atoms with Crippen LogP contribution in [0.25, 0.3) is 0 Å². The molecule has 2 N–H and O–H groups in total. The van der Waals surface area contributed by atoms with E-state index in [1.807, 2.05) is 27.7 Å². The maximum atomic E-state index is 12.0. The van der Waals surface area contributed by atoms with Gasteiger partial charge in [-0.15, -0.1) is 0 Å². The van der Waals surface area contributed by atoms with E-state index < -0.39 is 0 Å². The monoisotopic (exact) mass is 303 g/mol. The van der Waals surface area contributed by atoms with Crippen molar-refractivity contribution in [2.45, 2.75) is 39.8 Å². The Kier molecular flexibility index (Phi) is 4.35. The van der Waals surface area contributed by atoms with E-state index in [0.717, 1.165) is 0 Å². The first-order chi connectivity index (χ1) is 10.3. The van der Waals surface area contributed by atoms with Crippen LogP contribution in [-0.2, 0) is 12.1 Å². The fourth-order valence-corrected chi connectivity index (χ4v) is 1.90. The smallest absolute Gasteiger partial charge is 0.314 e. The van der Waals surface area contributed by atoms with Crippen molar-refractivity contribution >= 4 is 17.4 Å². The van der Waals surface area contributed by atoms with E-state index in [1.165, 1.54) is 10.6 Å². The van der Waals surface area contributed by atoms with Gasteiger partial charge < -0.3 is 15.2 Å². The van der Waals surface area contributed by atoms with Gasteiger partial charge in [-0.25, -0.2) is 4.79 Å². The Morgan fingerprint density at radius 1 is 1.18 bits per heavy atom. The molecule has 0 spiro atoms. The number of carbonyl (C=O) groups is 1. The second-order valence-electron chi connectivity index (χ2n) is 5.97. The Morgan fingerprint density at radius 2 is 1.86 bits per heavy atom. The van der Waals surface area contributed by atoms with Crippen molar-refractivity contribution in [2.24, 2.45) is 0 Å². The average molecular weight is 303 g/mol. The minimum atomic E-state index is -0.380. The van der Waals surface area contributed by atoms with Crippen LogP contribution in [0.4, 0.5) is 16.2 Å². The molecule has 0 aromatic carbocycles. The molecule has 0 unspecified atom stereocenters. The first-order valence-electron chi connectivity index (χ1n) is 7.13. The summed E-state index contributed by atoms with van der Waals surface area (Å²) in [4.78, 5) is 23.5. The molecule has 0 aliphatic carbocycles. The molecule has 7 nitrogen and oxygen atoms in total. The van der Waals surface area contributed by atoms with Crippen molar-refractivity contribution in [3.05, 3.63) is 41.1 Å². The fraction of sp³-hybridized carbons (Fsp3) is 0.400. The van der Waals surface area contributed by atoms with Gasteiger partial charge in [0.1, 0.15) is 0 Å². The van der Waals surface area contributed by atoms with Crippen molar-refractivity contribution in [1.29, 1.82) is 0 Å². The third kappa shape index (κ3) is 3.75. The van der Waals surface area contributed by atoms with E-state index >= 15 is 0 Å². The highest BCUT2D eigenvalue weighted by molar-refractivity contribution is 5.99. The molecule has 2 amide bonds. The second-order valence-corrected chi connectivity index (χ2v) is 5.97. The number of aryl methyl sites for hydroxylation is 1. The van der Waals surface area contributed by atoms with Crippen LogP contribution in [0, 0.1) is 0 Å². The second kappa shape index (κ2) is 6.05. The molecule has 0 saturated carbocycles. The number of hydrogen-bond donors (Lipinski definition) is 2. The van der Waals surface area contributed by atoms with Crippen LogP contribution in [0.5, 0.6) is 0 Å². The fourth-order valence-electron chi connectivity index (χ4n) is 1.90. The summed E-state index contributed by atoms with van der Waals surface area (Å²) in [6, 6.07) is 2.62. The topological polar surface area (TPSA) is 81.0 Å². The Balaban J connectivity index is 2.04. The highest BCUT2D eigenvalue weighted by Crippen LogP contribution is 2.16. The zero-order chi connectivity index (χ0) is 16.3. The Hall–Kier alpha value is -2.57. The van der Waals surface area contributed by atoms with Crippen molar-refractivity contribution in [2.75, 3.05) is 10.6 Å². The van der Waals surface area contributed by atoms with Crippen LogP contribution in [0.2, 0.25) is 0 Å². The van der Waals surface area contributed by atoms with Gasteiger partial charge in [-0.05, 0) is 33.8 Å². The molecular formula is C15H21N5O2. The molecule has 0 bridgehead atoms. The lowest BCUT2D eigenvalue weighted by Crippen LogP contribution is -2.23. The molecule has 2 aromatic heterocycles. The molecule has 2 aromatic rings. The van der Waals surface area contributed by atoms with Crippen LogP contribution in [0.1, 0.15) is 27.7 Å². The Bertz CT molecular complexity index is 724. The minimum absolute atomic E-state index is 0.0973. The van der Waals surface area contributed by atoms with Gasteiger partial charge in [-0.3, -0.25) is 9.48 Å². The summed E-state index contributed by atoms with van der Waals surface area (Å²) in [6.45, 7) is 8.49. The molecule has 22 heavy (non-hydrogen) atoms. The number of hydrogen-bond acceptors (Lipinski definition) is 3. The molecule has 2 heterocycles. The van der Waals surface area contributed by atoms with E-state index in [4.69, 9.17) is 0 Å². The van der Waals surface area contributed by atoms with Crippen molar-refractivity contribution in [1.82, 2.24) is 14.3 Å². The first-order valence-corrected chi connectivity index (χ1v) is 7.13. The van der Waals surface area contributed by atoms with Gasteiger partial charge in [0, 0.05) is 25.0 Å². The lowest BCUT2D eigenvalue weighted by atomic mass is 10.1. The highest BCUT2D eigenvalue weighted by Gasteiger charge is 2.14. The lowest BCUT2D eigenvalue weighted by molar-refractivity contribution is 0.262. The van der Waals surface area contributed by atoms with Gasteiger partial charge in [0.25, 0.3) is 5.56 Å². The predicted octanol–water partition coefficient (Wildman–Crippen LogP) is 2.46. The molecule has 0 atom stereocenters. The SMILES string of the molecule is CCn1cc(NC(=O)Nc2cnn(C(C)(C)C)c2)ccc1=O. The van der Waals surface area contributed by atoms with E-state index in [0.29, 0.717) is 17.9 Å². The summed E-state index contributed by atoms with van der Waals surface area (Å²) in [5, 5.41) is 9.62. The van der Waals surface area contributed by atoms with E-state index in [1.54, 1.807) is 29.3 Å². The maximum absolute atomic E-state index is 12.0. The van der Waals surface area contributed by atoms with Crippen LogP contribution >= 0.6 is 0 Å². The number of amides is 2. The first kappa shape index (κ1) is 15.8. The number of urea groups is 1. The van der Waals surface area contributed by atoms with Gasteiger partial charge >= 0.3 is 6.03 Å². The van der Waals surface area contributed by atoms with Gasteiger partial charge in [0.05, 0.1) is 23.1 Å². The number of anilines is 2. The summed E-state index contributed by atoms with van der Waals surface area (Å²) in [7, 11) is 0. The Morgan fingerprint density at radius 3 is 2.45 bits per heavy atom. The van der Waals surface area contributed by atoms with Crippen LogP contribution in [-0.4, -0.2) is 20.4 Å². The van der Waals surface area contributed by atoms with Gasteiger partial charge in [-0.2, -0.15) is 5.10 Å². The molecule has 7 heteroatoms. The highest BCUT2D eigenvalue weighted by atomic mass is 16.2. The quantitative estimate of drug-likeness (QED) is 0.914. The van der Waals surface area contributed by atoms with Crippen LogP contribution in [0.15, 0.2) is 35.5 Å². The zero-order valence-corrected chi connectivity index (χ0v) is 13.3. The largest absolute Gasteiger partial charge is 0.323 e. The predicted molar refractivity (Wildman–Crippen MR) is 86.2 cm³/mol. The number of pyridine rings is 1. The maximum Gasteiger partial charge on any atom is 0.323 e. The normalized spacial score (nSPS) is 11.3. The van der Waals surface area contributed by atoms with E-state index in [9.17, 15) is 9.59 Å². The molecule has 0 saturated heterocycles. The summed E-state index contributed by atoms with van der Waals surface area (Å²) in [5.74, 6) is 0. The number of nitrogens with one attached hydrogen (secondary N) is 2. The molecular weight excluding hydrogens is 282 g/mol. The number of aromatic nitrogens is 3. The van der Waals surface area contributed by atoms with Gasteiger partial charge in [-0.1, -0.05) is 0 Å². The average Bonchev–Trinajstić information content (AvgIpc) is 2.89. The van der Waals surface area contributed by atoms with Crippen LogP contribution in [0.3, 0.4) is 0 Å². The molecule has 0 fully saturated rings. The summed E-state index contributed by atoms with van der Waals surface area (Å²) >= 11 is 0. The summed E-state index contributed by atoms with van der Waals surface area (Å²) in [6.07, 6.45) is 4.98. The summed E-state index contributed by atoms with van der Waals surface area (Å²) in [5.41, 5.74) is 0.922. The van der Waals surface area contributed by atoms with Gasteiger partial charge in [0.15, 0.2) is 0 Å². The standard InChI is InChI=1S/C15H21N5O2/c1-5-19-9-11(6-7-13(19)21)17-14(22)18-12-8-16-20(10-12)15(2,3)4/h6-10H,5H2,1-4H3,(H2,17,18,22). The molecule has 2 rings (SSSR count). The minimum Gasteiger partial charge on any atom is -0.314 e. The number of nitrogens with zero attached hydrogens (tertiary/aromatic N) is 3. The van der Waals surface area contributed by atoms with E-state index in [-0.39, 0.29) is 17.1 Å². The molecule has 0 aliphatic heterocycles. The van der Waals surface area contributed by atoms with Crippen molar-refractivity contribution in [3.63, 3.8) is 0 Å². The third-order valence-corrected chi connectivity index (χ3v) is 3.11. The third-order valence-electron chi connectivity index (χ3n) is 3.11. The molecule has 0 aliphatic rings. The molecule has 118 valence electrons. The van der Waals surface area contributed by atoms with Crippen LogP contribution < -0.4 is 16.2 Å². The lowest BCUT2D eigenvalue weighted by Gasteiger charge is -2.18. The van der Waals surface area contributed by atoms with Crippen molar-refractivity contribution < 1.29 is 4.79 Å². The van der Waals surface area contributed by atoms with E-state index in [2.05, 4.69) is 15.7 Å². The number of carbonyl (C=O) groups excluding carboxylic acids is 1.